The van der Waals surface area contributed by atoms with Gasteiger partial charge in [0.05, 0.1) is 12.6 Å². The summed E-state index contributed by atoms with van der Waals surface area (Å²) in [5.41, 5.74) is 0.510. The van der Waals surface area contributed by atoms with Crippen molar-refractivity contribution in [2.45, 2.75) is 38.3 Å². The molecule has 1 aromatic heterocycles. The van der Waals surface area contributed by atoms with E-state index in [0.717, 1.165) is 13.2 Å². The molecule has 0 radical (unpaired) electrons. The average Bonchev–Trinajstić information content (AvgIpc) is 2.95. The monoisotopic (exact) mass is 235 g/mol. The molecule has 17 heavy (non-hydrogen) atoms. The molecule has 0 bridgehead atoms. The first kappa shape index (κ1) is 11.2. The van der Waals surface area contributed by atoms with Gasteiger partial charge in [-0.1, -0.05) is 12.8 Å². The maximum absolute atomic E-state index is 5.15. The van der Waals surface area contributed by atoms with Gasteiger partial charge in [-0.15, -0.1) is 0 Å². The van der Waals surface area contributed by atoms with Crippen LogP contribution in [0, 0.1) is 5.41 Å². The van der Waals surface area contributed by atoms with E-state index in [4.69, 9.17) is 4.74 Å². The number of imidazole rings is 1. The first-order chi connectivity index (χ1) is 8.36. The SMILES string of the molecule is COCCn1ccnc1[C@@H]1NCC12CCCC2. The average molecular weight is 235 g/mol. The second-order valence-electron chi connectivity index (χ2n) is 5.36. The van der Waals surface area contributed by atoms with Crippen molar-refractivity contribution in [1.29, 1.82) is 0 Å². The molecule has 1 saturated carbocycles. The molecule has 2 fully saturated rings. The van der Waals surface area contributed by atoms with E-state index >= 15 is 0 Å². The van der Waals surface area contributed by atoms with Crippen molar-refractivity contribution in [3.63, 3.8) is 0 Å². The molecule has 0 aromatic carbocycles. The molecule has 1 spiro atoms. The standard InChI is InChI=1S/C13H21N3O/c1-17-9-8-16-7-6-14-12(16)11-13(10-15-11)4-2-3-5-13/h6-7,11,15H,2-5,8-10H2,1H3/t11-/m0/s1. The van der Waals surface area contributed by atoms with Crippen molar-refractivity contribution in [2.75, 3.05) is 20.3 Å². The van der Waals surface area contributed by atoms with Gasteiger partial charge in [0.15, 0.2) is 0 Å². The summed E-state index contributed by atoms with van der Waals surface area (Å²) in [6, 6.07) is 0.469. The largest absolute Gasteiger partial charge is 0.383 e. The van der Waals surface area contributed by atoms with Gasteiger partial charge in [-0.25, -0.2) is 4.98 Å². The Morgan fingerprint density at radius 2 is 2.35 bits per heavy atom. The summed E-state index contributed by atoms with van der Waals surface area (Å²) in [5, 5.41) is 3.57. The van der Waals surface area contributed by atoms with Gasteiger partial charge in [0.2, 0.25) is 0 Å². The summed E-state index contributed by atoms with van der Waals surface area (Å²) >= 11 is 0. The molecule has 0 unspecified atom stereocenters. The van der Waals surface area contributed by atoms with E-state index in [0.29, 0.717) is 11.5 Å². The lowest BCUT2D eigenvalue weighted by molar-refractivity contribution is 0.0784. The molecule has 1 atom stereocenters. The Bertz CT molecular complexity index is 382. The summed E-state index contributed by atoms with van der Waals surface area (Å²) < 4.78 is 7.39. The van der Waals surface area contributed by atoms with Crippen molar-refractivity contribution < 1.29 is 4.74 Å². The van der Waals surface area contributed by atoms with Gasteiger partial charge < -0.3 is 14.6 Å². The summed E-state index contributed by atoms with van der Waals surface area (Å²) in [6.45, 7) is 2.83. The first-order valence-electron chi connectivity index (χ1n) is 6.59. The lowest BCUT2D eigenvalue weighted by Crippen LogP contribution is -2.55. The normalized spacial score (nSPS) is 26.3. The van der Waals surface area contributed by atoms with Gasteiger partial charge >= 0.3 is 0 Å². The summed E-state index contributed by atoms with van der Waals surface area (Å²) in [6.07, 6.45) is 9.47. The van der Waals surface area contributed by atoms with Gasteiger partial charge in [0, 0.05) is 38.0 Å². The maximum Gasteiger partial charge on any atom is 0.126 e. The predicted octanol–water partition coefficient (Wildman–Crippen LogP) is 1.73. The predicted molar refractivity (Wildman–Crippen MR) is 65.7 cm³/mol. The number of ether oxygens (including phenoxy) is 1. The highest BCUT2D eigenvalue weighted by atomic mass is 16.5. The number of rotatable bonds is 4. The highest BCUT2D eigenvalue weighted by Gasteiger charge is 2.50. The van der Waals surface area contributed by atoms with E-state index in [-0.39, 0.29) is 0 Å². The van der Waals surface area contributed by atoms with E-state index < -0.39 is 0 Å². The van der Waals surface area contributed by atoms with E-state index in [1.807, 2.05) is 6.20 Å². The Balaban J connectivity index is 1.77. The van der Waals surface area contributed by atoms with Crippen LogP contribution in [0.1, 0.15) is 37.5 Å². The number of hydrogen-bond acceptors (Lipinski definition) is 3. The molecule has 1 N–H and O–H groups in total. The molecule has 1 aliphatic carbocycles. The Morgan fingerprint density at radius 3 is 3.00 bits per heavy atom. The van der Waals surface area contributed by atoms with Gasteiger partial charge in [-0.3, -0.25) is 0 Å². The second kappa shape index (κ2) is 4.42. The Labute approximate surface area is 102 Å². The molecule has 4 heteroatoms. The molecular weight excluding hydrogens is 214 g/mol. The topological polar surface area (TPSA) is 39.1 Å². The Hall–Kier alpha value is -0.870. The third kappa shape index (κ3) is 1.79. The van der Waals surface area contributed by atoms with E-state index in [1.54, 1.807) is 7.11 Å². The van der Waals surface area contributed by atoms with Crippen LogP contribution in [0.15, 0.2) is 12.4 Å². The van der Waals surface area contributed by atoms with Crippen molar-refractivity contribution in [1.82, 2.24) is 14.9 Å². The highest BCUT2D eigenvalue weighted by Crippen LogP contribution is 2.52. The number of aromatic nitrogens is 2. The maximum atomic E-state index is 5.15. The minimum atomic E-state index is 0.469. The van der Waals surface area contributed by atoms with Crippen LogP contribution in [-0.4, -0.2) is 29.8 Å². The molecule has 3 rings (SSSR count). The van der Waals surface area contributed by atoms with Crippen molar-refractivity contribution in [3.05, 3.63) is 18.2 Å². The van der Waals surface area contributed by atoms with Crippen LogP contribution in [0.4, 0.5) is 0 Å². The summed E-state index contributed by atoms with van der Waals surface area (Å²) in [4.78, 5) is 4.55. The molecule has 4 nitrogen and oxygen atoms in total. The van der Waals surface area contributed by atoms with Crippen molar-refractivity contribution >= 4 is 0 Å². The fourth-order valence-electron chi connectivity index (χ4n) is 3.36. The van der Waals surface area contributed by atoms with Gasteiger partial charge in [-0.05, 0) is 12.8 Å². The van der Waals surface area contributed by atoms with Crippen LogP contribution in [0.25, 0.3) is 0 Å². The zero-order valence-corrected chi connectivity index (χ0v) is 10.5. The molecular formula is C13H21N3O. The Morgan fingerprint density at radius 1 is 1.53 bits per heavy atom. The smallest absolute Gasteiger partial charge is 0.126 e. The Kier molecular flexibility index (Phi) is 2.92. The zero-order chi connectivity index (χ0) is 11.7. The lowest BCUT2D eigenvalue weighted by atomic mass is 9.71. The highest BCUT2D eigenvalue weighted by molar-refractivity contribution is 5.14. The van der Waals surface area contributed by atoms with Crippen LogP contribution in [0.2, 0.25) is 0 Å². The van der Waals surface area contributed by atoms with E-state index in [1.165, 1.54) is 38.1 Å². The van der Waals surface area contributed by atoms with Crippen LogP contribution in [-0.2, 0) is 11.3 Å². The summed E-state index contributed by atoms with van der Waals surface area (Å²) in [5.74, 6) is 1.20. The van der Waals surface area contributed by atoms with Gasteiger partial charge in [0.25, 0.3) is 0 Å². The van der Waals surface area contributed by atoms with Gasteiger partial charge in [-0.2, -0.15) is 0 Å². The van der Waals surface area contributed by atoms with E-state index in [2.05, 4.69) is 21.1 Å². The number of nitrogens with one attached hydrogen (secondary N) is 1. The first-order valence-corrected chi connectivity index (χ1v) is 6.59. The zero-order valence-electron chi connectivity index (χ0n) is 10.5. The minimum absolute atomic E-state index is 0.469. The third-order valence-electron chi connectivity index (χ3n) is 4.41. The molecule has 1 aliphatic heterocycles. The lowest BCUT2D eigenvalue weighted by Gasteiger charge is -2.48. The molecule has 1 saturated heterocycles. The molecule has 94 valence electrons. The molecule has 1 aromatic rings. The number of hydrogen-bond donors (Lipinski definition) is 1. The quantitative estimate of drug-likeness (QED) is 0.864. The van der Waals surface area contributed by atoms with Crippen molar-refractivity contribution in [3.8, 4) is 0 Å². The fourth-order valence-corrected chi connectivity index (χ4v) is 3.36. The van der Waals surface area contributed by atoms with E-state index in [9.17, 15) is 0 Å². The molecule has 2 heterocycles. The fraction of sp³-hybridized carbons (Fsp3) is 0.769. The van der Waals surface area contributed by atoms with Gasteiger partial charge in [0.1, 0.15) is 5.82 Å². The number of nitrogens with zero attached hydrogens (tertiary/aromatic N) is 2. The molecule has 0 amide bonds. The van der Waals surface area contributed by atoms with Crippen molar-refractivity contribution in [2.24, 2.45) is 5.41 Å². The van der Waals surface area contributed by atoms with Crippen LogP contribution < -0.4 is 5.32 Å². The van der Waals surface area contributed by atoms with Crippen LogP contribution >= 0.6 is 0 Å². The summed E-state index contributed by atoms with van der Waals surface area (Å²) in [7, 11) is 1.75. The van der Waals surface area contributed by atoms with Crippen LogP contribution in [0.5, 0.6) is 0 Å². The second-order valence-corrected chi connectivity index (χ2v) is 5.36. The minimum Gasteiger partial charge on any atom is -0.383 e. The molecule has 2 aliphatic rings. The number of methoxy groups -OCH3 is 1. The van der Waals surface area contributed by atoms with Crippen LogP contribution in [0.3, 0.4) is 0 Å². The third-order valence-corrected chi connectivity index (χ3v) is 4.41.